The van der Waals surface area contributed by atoms with Crippen molar-refractivity contribution in [3.05, 3.63) is 72.0 Å². The van der Waals surface area contributed by atoms with Gasteiger partial charge in [0.2, 0.25) is 5.76 Å². The SMILES string of the molecule is C[C@H](CCc1ccccc1)NC(=O)COC(=O)c1cc2ccccc2o1. The first kappa shape index (κ1) is 17.7. The Balaban J connectivity index is 1.43. The molecule has 1 N–H and O–H groups in total. The number of carbonyl (C=O) groups excluding carboxylic acids is 2. The second-order valence-corrected chi connectivity index (χ2v) is 6.22. The average Bonchev–Trinajstić information content (AvgIpc) is 3.09. The highest BCUT2D eigenvalue weighted by Crippen LogP contribution is 2.19. The van der Waals surface area contributed by atoms with Crippen molar-refractivity contribution >= 4 is 22.8 Å². The molecule has 0 spiro atoms. The van der Waals surface area contributed by atoms with E-state index < -0.39 is 5.97 Å². The summed E-state index contributed by atoms with van der Waals surface area (Å²) in [6.45, 7) is 1.60. The highest BCUT2D eigenvalue weighted by molar-refractivity contribution is 5.93. The van der Waals surface area contributed by atoms with Gasteiger partial charge in [-0.3, -0.25) is 4.79 Å². The zero-order chi connectivity index (χ0) is 18.4. The summed E-state index contributed by atoms with van der Waals surface area (Å²) in [6, 6.07) is 19.0. The highest BCUT2D eigenvalue weighted by atomic mass is 16.5. The van der Waals surface area contributed by atoms with Crippen molar-refractivity contribution in [2.24, 2.45) is 0 Å². The molecule has 1 atom stereocenters. The molecule has 5 nitrogen and oxygen atoms in total. The first-order valence-electron chi connectivity index (χ1n) is 8.61. The van der Waals surface area contributed by atoms with Gasteiger partial charge in [-0.05, 0) is 37.5 Å². The lowest BCUT2D eigenvalue weighted by molar-refractivity contribution is -0.124. The summed E-state index contributed by atoms with van der Waals surface area (Å²) >= 11 is 0. The zero-order valence-electron chi connectivity index (χ0n) is 14.6. The molecule has 0 aliphatic carbocycles. The van der Waals surface area contributed by atoms with E-state index in [0.29, 0.717) is 5.58 Å². The zero-order valence-corrected chi connectivity index (χ0v) is 14.6. The van der Waals surface area contributed by atoms with Gasteiger partial charge in [-0.1, -0.05) is 48.5 Å². The molecule has 3 aromatic rings. The molecule has 1 aromatic heterocycles. The van der Waals surface area contributed by atoms with Gasteiger partial charge >= 0.3 is 5.97 Å². The number of furan rings is 1. The van der Waals surface area contributed by atoms with E-state index in [1.54, 1.807) is 12.1 Å². The number of esters is 1. The maximum absolute atomic E-state index is 12.0. The number of nitrogens with one attached hydrogen (secondary N) is 1. The van der Waals surface area contributed by atoms with Crippen molar-refractivity contribution in [1.82, 2.24) is 5.32 Å². The van der Waals surface area contributed by atoms with Gasteiger partial charge in [-0.15, -0.1) is 0 Å². The van der Waals surface area contributed by atoms with Gasteiger partial charge in [0, 0.05) is 11.4 Å². The topological polar surface area (TPSA) is 68.5 Å². The lowest BCUT2D eigenvalue weighted by Crippen LogP contribution is -2.36. The Labute approximate surface area is 152 Å². The summed E-state index contributed by atoms with van der Waals surface area (Å²) in [5.41, 5.74) is 1.84. The minimum absolute atomic E-state index is 0.00684. The monoisotopic (exact) mass is 351 g/mol. The van der Waals surface area contributed by atoms with Gasteiger partial charge < -0.3 is 14.5 Å². The van der Waals surface area contributed by atoms with E-state index in [1.165, 1.54) is 5.56 Å². The van der Waals surface area contributed by atoms with E-state index in [1.807, 2.05) is 43.3 Å². The Morgan fingerprint density at radius 2 is 1.81 bits per heavy atom. The normalized spacial score (nSPS) is 11.9. The molecular formula is C21H21NO4. The van der Waals surface area contributed by atoms with E-state index in [4.69, 9.17) is 9.15 Å². The van der Waals surface area contributed by atoms with Crippen LogP contribution in [0.25, 0.3) is 11.0 Å². The number of aryl methyl sites for hydroxylation is 1. The molecule has 26 heavy (non-hydrogen) atoms. The van der Waals surface area contributed by atoms with E-state index in [0.717, 1.165) is 18.2 Å². The molecule has 0 aliphatic heterocycles. The van der Waals surface area contributed by atoms with Crippen LogP contribution in [0.1, 0.15) is 29.5 Å². The standard InChI is InChI=1S/C21H21NO4/c1-15(11-12-16-7-3-2-4-8-16)22-20(23)14-25-21(24)19-13-17-9-5-6-10-18(17)26-19/h2-10,13,15H,11-12,14H2,1H3,(H,22,23)/t15-/m1/s1. The minimum atomic E-state index is -0.645. The molecular weight excluding hydrogens is 330 g/mol. The summed E-state index contributed by atoms with van der Waals surface area (Å²) in [6.07, 6.45) is 1.69. The van der Waals surface area contributed by atoms with Crippen LogP contribution < -0.4 is 5.32 Å². The van der Waals surface area contributed by atoms with Gasteiger partial charge in [0.05, 0.1) is 0 Å². The maximum atomic E-state index is 12.0. The van der Waals surface area contributed by atoms with Crippen molar-refractivity contribution in [3.63, 3.8) is 0 Å². The molecule has 1 heterocycles. The van der Waals surface area contributed by atoms with Gasteiger partial charge in [0.25, 0.3) is 5.91 Å². The predicted octanol–water partition coefficient (Wildman–Crippen LogP) is 3.73. The first-order chi connectivity index (χ1) is 12.6. The number of benzene rings is 2. The molecule has 1 amide bonds. The molecule has 0 aliphatic rings. The van der Waals surface area contributed by atoms with Crippen LogP contribution in [-0.2, 0) is 16.0 Å². The Hall–Kier alpha value is -3.08. The number of hydrogen-bond donors (Lipinski definition) is 1. The van der Waals surface area contributed by atoms with Crippen LogP contribution in [-0.4, -0.2) is 24.5 Å². The van der Waals surface area contributed by atoms with Crippen LogP contribution in [0.4, 0.5) is 0 Å². The van der Waals surface area contributed by atoms with Crippen molar-refractivity contribution < 1.29 is 18.7 Å². The van der Waals surface area contributed by atoms with Gasteiger partial charge in [-0.2, -0.15) is 0 Å². The van der Waals surface area contributed by atoms with Gasteiger partial charge in [0.15, 0.2) is 6.61 Å². The van der Waals surface area contributed by atoms with Gasteiger partial charge in [-0.25, -0.2) is 4.79 Å². The first-order valence-corrected chi connectivity index (χ1v) is 8.61. The molecule has 0 unspecified atom stereocenters. The second-order valence-electron chi connectivity index (χ2n) is 6.22. The van der Waals surface area contributed by atoms with Crippen LogP contribution in [0.2, 0.25) is 0 Å². The Kier molecular flexibility index (Phi) is 5.69. The summed E-state index contributed by atoms with van der Waals surface area (Å²) in [4.78, 5) is 24.0. The molecule has 134 valence electrons. The Morgan fingerprint density at radius 1 is 1.08 bits per heavy atom. The molecule has 0 saturated carbocycles. The molecule has 0 fully saturated rings. The third-order valence-electron chi connectivity index (χ3n) is 4.08. The third kappa shape index (κ3) is 4.72. The van der Waals surface area contributed by atoms with Crippen LogP contribution in [0.5, 0.6) is 0 Å². The van der Waals surface area contributed by atoms with E-state index >= 15 is 0 Å². The molecule has 3 rings (SSSR count). The number of ether oxygens (including phenoxy) is 1. The fourth-order valence-electron chi connectivity index (χ4n) is 2.70. The maximum Gasteiger partial charge on any atom is 0.374 e. The minimum Gasteiger partial charge on any atom is -0.450 e. The summed E-state index contributed by atoms with van der Waals surface area (Å²) in [5, 5.41) is 3.65. The third-order valence-corrected chi connectivity index (χ3v) is 4.08. The molecule has 0 bridgehead atoms. The van der Waals surface area contributed by atoms with Crippen LogP contribution in [0.15, 0.2) is 65.1 Å². The lowest BCUT2D eigenvalue weighted by Gasteiger charge is -2.13. The molecule has 0 saturated heterocycles. The van der Waals surface area contributed by atoms with Crippen LogP contribution in [0, 0.1) is 0 Å². The average molecular weight is 351 g/mol. The summed E-state index contributed by atoms with van der Waals surface area (Å²) in [7, 11) is 0. The van der Waals surface area contributed by atoms with Crippen LogP contribution >= 0.6 is 0 Å². The summed E-state index contributed by atoms with van der Waals surface area (Å²) in [5.74, 6) is -0.876. The van der Waals surface area contributed by atoms with Crippen molar-refractivity contribution in [2.75, 3.05) is 6.61 Å². The Morgan fingerprint density at radius 3 is 2.58 bits per heavy atom. The summed E-state index contributed by atoms with van der Waals surface area (Å²) < 4.78 is 10.5. The molecule has 5 heteroatoms. The highest BCUT2D eigenvalue weighted by Gasteiger charge is 2.16. The van der Waals surface area contributed by atoms with Crippen molar-refractivity contribution in [2.45, 2.75) is 25.8 Å². The number of carbonyl (C=O) groups is 2. The second kappa shape index (κ2) is 8.34. The largest absolute Gasteiger partial charge is 0.450 e. The Bertz CT molecular complexity index is 852. The number of rotatable bonds is 7. The van der Waals surface area contributed by atoms with Crippen molar-refractivity contribution in [1.29, 1.82) is 0 Å². The number of para-hydroxylation sites is 1. The lowest BCUT2D eigenvalue weighted by atomic mass is 10.1. The van der Waals surface area contributed by atoms with E-state index in [2.05, 4.69) is 17.4 Å². The van der Waals surface area contributed by atoms with Gasteiger partial charge in [0.1, 0.15) is 5.58 Å². The van der Waals surface area contributed by atoms with E-state index in [9.17, 15) is 9.59 Å². The fourth-order valence-corrected chi connectivity index (χ4v) is 2.70. The smallest absolute Gasteiger partial charge is 0.374 e. The fraction of sp³-hybridized carbons (Fsp3) is 0.238. The molecule has 2 aromatic carbocycles. The molecule has 0 radical (unpaired) electrons. The number of hydrogen-bond acceptors (Lipinski definition) is 4. The number of amides is 1. The number of fused-ring (bicyclic) bond motifs is 1. The van der Waals surface area contributed by atoms with E-state index in [-0.39, 0.29) is 24.3 Å². The van der Waals surface area contributed by atoms with Crippen molar-refractivity contribution in [3.8, 4) is 0 Å². The predicted molar refractivity (Wildman–Crippen MR) is 98.9 cm³/mol. The quantitative estimate of drug-likeness (QED) is 0.659. The van der Waals surface area contributed by atoms with Crippen LogP contribution in [0.3, 0.4) is 0 Å².